The molecule has 0 spiro atoms. The number of aromatic nitrogens is 3. The number of halogens is 4. The minimum atomic E-state index is -4.42. The number of carbonyl (C=O) groups excluding carboxylic acids is 1. The fraction of sp³-hybridized carbons (Fsp3) is 0.0909. The van der Waals surface area contributed by atoms with E-state index in [1.54, 1.807) is 17.5 Å². The van der Waals surface area contributed by atoms with E-state index in [1.165, 1.54) is 46.5 Å². The number of nitrogens with zero attached hydrogens (tertiary/aromatic N) is 3. The first-order chi connectivity index (χ1) is 15.7. The van der Waals surface area contributed by atoms with Crippen molar-refractivity contribution in [2.24, 2.45) is 0 Å². The summed E-state index contributed by atoms with van der Waals surface area (Å²) in [7, 11) is 0. The predicted octanol–water partition coefficient (Wildman–Crippen LogP) is 5.34. The highest BCUT2D eigenvalue weighted by molar-refractivity contribution is 7.14. The topological polar surface area (TPSA) is 76.9 Å². The maximum Gasteiger partial charge on any atom is 0.416 e. The molecule has 0 bridgehead atoms. The molecule has 0 atom stereocenters. The van der Waals surface area contributed by atoms with Crippen LogP contribution in [0.25, 0.3) is 11.4 Å². The van der Waals surface area contributed by atoms with Gasteiger partial charge in [-0.2, -0.15) is 13.2 Å². The molecule has 0 unspecified atom stereocenters. The largest absolute Gasteiger partial charge is 0.416 e. The summed E-state index contributed by atoms with van der Waals surface area (Å²) in [5.74, 6) is -0.515. The van der Waals surface area contributed by atoms with E-state index in [2.05, 4.69) is 15.3 Å². The van der Waals surface area contributed by atoms with Gasteiger partial charge in [0.15, 0.2) is 5.13 Å². The highest BCUT2D eigenvalue weighted by Gasteiger charge is 2.29. The predicted molar refractivity (Wildman–Crippen MR) is 120 cm³/mol. The molecule has 3 heterocycles. The van der Waals surface area contributed by atoms with E-state index in [-0.39, 0.29) is 12.1 Å². The second-order valence-corrected chi connectivity index (χ2v) is 8.22. The number of hydrogen-bond acceptors (Lipinski definition) is 5. The summed E-state index contributed by atoms with van der Waals surface area (Å²) in [6.07, 6.45) is -1.51. The lowest BCUT2D eigenvalue weighted by molar-refractivity contribution is -0.137. The molecule has 0 aliphatic heterocycles. The monoisotopic (exact) mass is 490 g/mol. The smallest absolute Gasteiger partial charge is 0.311 e. The molecular formula is C22H14ClF3N4O2S. The van der Waals surface area contributed by atoms with Gasteiger partial charge < -0.3 is 4.57 Å². The fourth-order valence-electron chi connectivity index (χ4n) is 2.92. The summed E-state index contributed by atoms with van der Waals surface area (Å²) in [4.78, 5) is 33.4. The molecule has 0 aliphatic carbocycles. The average Bonchev–Trinajstić information content (AvgIpc) is 3.24. The van der Waals surface area contributed by atoms with Crippen LogP contribution in [0.1, 0.15) is 21.5 Å². The summed E-state index contributed by atoms with van der Waals surface area (Å²) in [5, 5.41) is 5.20. The van der Waals surface area contributed by atoms with Gasteiger partial charge in [0.1, 0.15) is 5.69 Å². The molecule has 0 saturated heterocycles. The van der Waals surface area contributed by atoms with Crippen LogP contribution in [0.15, 0.2) is 71.1 Å². The van der Waals surface area contributed by atoms with Crippen LogP contribution in [0.5, 0.6) is 0 Å². The molecule has 11 heteroatoms. The Bertz CT molecular complexity index is 1350. The summed E-state index contributed by atoms with van der Waals surface area (Å²) >= 11 is 7.03. The Kier molecular flexibility index (Phi) is 6.30. The van der Waals surface area contributed by atoms with Crippen LogP contribution in [0.3, 0.4) is 0 Å². The Balaban J connectivity index is 1.44. The Hall–Kier alpha value is -3.50. The van der Waals surface area contributed by atoms with E-state index >= 15 is 0 Å². The van der Waals surface area contributed by atoms with Gasteiger partial charge in [0, 0.05) is 29.4 Å². The quantitative estimate of drug-likeness (QED) is 0.409. The number of anilines is 1. The number of benzene rings is 1. The van der Waals surface area contributed by atoms with E-state index in [9.17, 15) is 22.8 Å². The van der Waals surface area contributed by atoms with Crippen LogP contribution in [-0.4, -0.2) is 20.4 Å². The van der Waals surface area contributed by atoms with E-state index < -0.39 is 23.2 Å². The molecule has 0 saturated carbocycles. The van der Waals surface area contributed by atoms with Gasteiger partial charge in [-0.3, -0.25) is 19.9 Å². The van der Waals surface area contributed by atoms with Crippen molar-refractivity contribution in [1.82, 2.24) is 14.5 Å². The van der Waals surface area contributed by atoms with Crippen molar-refractivity contribution >= 4 is 34.0 Å². The summed E-state index contributed by atoms with van der Waals surface area (Å²) in [6, 6.07) is 10.6. The van der Waals surface area contributed by atoms with Gasteiger partial charge in [-0.25, -0.2) is 4.98 Å². The SMILES string of the molecule is O=C(Nc1nc(-c2ccc(Cl)cn2)cs1)c1ccn(Cc2ccc(C(F)(F)F)cc2)c(=O)c1. The number of hydrogen-bond donors (Lipinski definition) is 1. The number of thiazole rings is 1. The van der Waals surface area contributed by atoms with Gasteiger partial charge in [-0.15, -0.1) is 11.3 Å². The van der Waals surface area contributed by atoms with Gasteiger partial charge in [0.2, 0.25) is 0 Å². The van der Waals surface area contributed by atoms with Gasteiger partial charge >= 0.3 is 6.18 Å². The van der Waals surface area contributed by atoms with Gasteiger partial charge in [-0.05, 0) is 35.9 Å². The lowest BCUT2D eigenvalue weighted by Crippen LogP contribution is -2.22. The van der Waals surface area contributed by atoms with Gasteiger partial charge in [0.25, 0.3) is 11.5 Å². The van der Waals surface area contributed by atoms with Crippen LogP contribution >= 0.6 is 22.9 Å². The Morgan fingerprint density at radius 1 is 1.09 bits per heavy atom. The first-order valence-corrected chi connectivity index (χ1v) is 10.7. The molecule has 0 fully saturated rings. The minimum absolute atomic E-state index is 0.0722. The molecular weight excluding hydrogens is 477 g/mol. The molecule has 168 valence electrons. The lowest BCUT2D eigenvalue weighted by atomic mass is 10.1. The van der Waals surface area contributed by atoms with Gasteiger partial charge in [0.05, 0.1) is 22.8 Å². The number of amides is 1. The molecule has 4 aromatic rings. The van der Waals surface area contributed by atoms with Crippen molar-refractivity contribution in [2.45, 2.75) is 12.7 Å². The summed E-state index contributed by atoms with van der Waals surface area (Å²) in [5.41, 5.74) is 0.593. The van der Waals surface area contributed by atoms with Crippen molar-refractivity contribution in [2.75, 3.05) is 5.32 Å². The molecule has 1 amide bonds. The molecule has 0 radical (unpaired) electrons. The van der Waals surface area contributed by atoms with Crippen molar-refractivity contribution in [3.63, 3.8) is 0 Å². The molecule has 3 aromatic heterocycles. The first-order valence-electron chi connectivity index (χ1n) is 9.44. The highest BCUT2D eigenvalue weighted by atomic mass is 35.5. The Morgan fingerprint density at radius 3 is 2.48 bits per heavy atom. The minimum Gasteiger partial charge on any atom is -0.311 e. The zero-order chi connectivity index (χ0) is 23.6. The van der Waals surface area contributed by atoms with Crippen molar-refractivity contribution in [3.8, 4) is 11.4 Å². The molecule has 1 aromatic carbocycles. The zero-order valence-electron chi connectivity index (χ0n) is 16.6. The summed E-state index contributed by atoms with van der Waals surface area (Å²) in [6.45, 7) is 0.0722. The summed E-state index contributed by atoms with van der Waals surface area (Å²) < 4.78 is 39.4. The third-order valence-electron chi connectivity index (χ3n) is 4.61. The number of nitrogens with one attached hydrogen (secondary N) is 1. The maximum atomic E-state index is 12.7. The molecule has 4 rings (SSSR count). The Labute approximate surface area is 194 Å². The standard InChI is InChI=1S/C22H14ClF3N4O2S/c23-16-5-6-17(27-10-16)18-12-33-21(28-18)29-20(32)14-7-8-30(19(31)9-14)11-13-1-3-15(4-2-13)22(24,25)26/h1-10,12H,11H2,(H,28,29,32). The third kappa shape index (κ3) is 5.47. The van der Waals surface area contributed by atoms with Crippen molar-refractivity contribution in [1.29, 1.82) is 0 Å². The van der Waals surface area contributed by atoms with E-state index in [0.717, 1.165) is 18.2 Å². The lowest BCUT2D eigenvalue weighted by Gasteiger charge is -2.09. The fourth-order valence-corrected chi connectivity index (χ4v) is 3.73. The normalized spacial score (nSPS) is 11.4. The number of alkyl halides is 3. The van der Waals surface area contributed by atoms with Crippen LogP contribution in [0, 0.1) is 0 Å². The second-order valence-electron chi connectivity index (χ2n) is 6.93. The number of rotatable bonds is 5. The highest BCUT2D eigenvalue weighted by Crippen LogP contribution is 2.29. The number of carbonyl (C=O) groups is 1. The maximum absolute atomic E-state index is 12.7. The van der Waals surface area contributed by atoms with Crippen molar-refractivity contribution < 1.29 is 18.0 Å². The molecule has 0 aliphatic rings. The van der Waals surface area contributed by atoms with Gasteiger partial charge in [-0.1, -0.05) is 23.7 Å². The van der Waals surface area contributed by atoms with E-state index in [1.807, 2.05) is 0 Å². The number of pyridine rings is 2. The van der Waals surface area contributed by atoms with Crippen LogP contribution in [0.4, 0.5) is 18.3 Å². The third-order valence-corrected chi connectivity index (χ3v) is 5.59. The molecule has 6 nitrogen and oxygen atoms in total. The molecule has 1 N–H and O–H groups in total. The Morgan fingerprint density at radius 2 is 1.85 bits per heavy atom. The molecule has 33 heavy (non-hydrogen) atoms. The average molecular weight is 491 g/mol. The van der Waals surface area contributed by atoms with Crippen LogP contribution in [0.2, 0.25) is 5.02 Å². The van der Waals surface area contributed by atoms with Crippen LogP contribution in [-0.2, 0) is 12.7 Å². The van der Waals surface area contributed by atoms with Crippen molar-refractivity contribution in [3.05, 3.63) is 98.4 Å². The zero-order valence-corrected chi connectivity index (χ0v) is 18.2. The van der Waals surface area contributed by atoms with E-state index in [0.29, 0.717) is 27.1 Å². The van der Waals surface area contributed by atoms with E-state index in [4.69, 9.17) is 11.6 Å². The van der Waals surface area contributed by atoms with Crippen LogP contribution < -0.4 is 10.9 Å². The second kappa shape index (κ2) is 9.16. The first kappa shape index (κ1) is 22.7.